The van der Waals surface area contributed by atoms with E-state index in [2.05, 4.69) is 26.2 Å². The molecule has 9 nitrogen and oxygen atoms in total. The SMILES string of the molecule is CC(C)COc1ccc(CNC(=O)N(Cc2ccc(F)cc2)C2CC[NH+](C)CC2)cc1.C[C@@H](O)[C@@H](O)C(=O)[O-]. The molecular formula is C29H42FN3O6. The molecule has 2 aromatic carbocycles. The monoisotopic (exact) mass is 547 g/mol. The Bertz CT molecular complexity index is 1010. The molecule has 1 aliphatic rings. The van der Waals surface area contributed by atoms with Crippen LogP contribution in [0, 0.1) is 11.7 Å². The van der Waals surface area contributed by atoms with E-state index in [9.17, 15) is 19.1 Å². The molecule has 39 heavy (non-hydrogen) atoms. The molecule has 0 aliphatic carbocycles. The Balaban J connectivity index is 0.000000580. The molecule has 1 saturated heterocycles. The number of aliphatic carboxylic acids is 1. The normalized spacial score (nSPS) is 18.4. The first-order valence-electron chi connectivity index (χ1n) is 13.3. The van der Waals surface area contributed by atoms with Gasteiger partial charge in [-0.3, -0.25) is 0 Å². The number of halogens is 1. The molecule has 4 N–H and O–H groups in total. The Morgan fingerprint density at radius 1 is 1.05 bits per heavy atom. The van der Waals surface area contributed by atoms with Gasteiger partial charge in [0.25, 0.3) is 0 Å². The molecule has 2 aromatic rings. The Hall–Kier alpha value is -3.21. The van der Waals surface area contributed by atoms with Crippen LogP contribution in [0.15, 0.2) is 48.5 Å². The number of urea groups is 1. The van der Waals surface area contributed by atoms with Gasteiger partial charge in [0.15, 0.2) is 0 Å². The van der Waals surface area contributed by atoms with E-state index in [-0.39, 0.29) is 17.9 Å². The largest absolute Gasteiger partial charge is 0.547 e. The van der Waals surface area contributed by atoms with Crippen molar-refractivity contribution >= 4 is 12.0 Å². The lowest BCUT2D eigenvalue weighted by atomic mass is 10.0. The van der Waals surface area contributed by atoms with Crippen LogP contribution in [0.5, 0.6) is 5.75 Å². The minimum atomic E-state index is -1.77. The van der Waals surface area contributed by atoms with E-state index >= 15 is 0 Å². The maximum absolute atomic E-state index is 13.3. The zero-order valence-corrected chi connectivity index (χ0v) is 23.2. The minimum absolute atomic E-state index is 0.0750. The van der Waals surface area contributed by atoms with E-state index in [1.54, 1.807) is 12.1 Å². The van der Waals surface area contributed by atoms with Gasteiger partial charge in [-0.15, -0.1) is 0 Å². The predicted molar refractivity (Wildman–Crippen MR) is 143 cm³/mol. The van der Waals surface area contributed by atoms with Gasteiger partial charge in [-0.1, -0.05) is 38.1 Å². The molecule has 0 saturated carbocycles. The quantitative estimate of drug-likeness (QED) is 0.348. The van der Waals surface area contributed by atoms with Crippen molar-refractivity contribution in [3.8, 4) is 5.75 Å². The van der Waals surface area contributed by atoms with Gasteiger partial charge < -0.3 is 40.0 Å². The number of benzene rings is 2. The topological polar surface area (TPSA) is 127 Å². The number of nitrogens with one attached hydrogen (secondary N) is 2. The van der Waals surface area contributed by atoms with Gasteiger partial charge in [-0.25, -0.2) is 9.18 Å². The van der Waals surface area contributed by atoms with Gasteiger partial charge in [0.1, 0.15) is 17.7 Å². The lowest BCUT2D eigenvalue weighted by molar-refractivity contribution is -0.885. The number of carboxylic acids is 1. The maximum atomic E-state index is 13.3. The minimum Gasteiger partial charge on any atom is -0.547 e. The van der Waals surface area contributed by atoms with Crippen molar-refractivity contribution in [3.05, 3.63) is 65.5 Å². The van der Waals surface area contributed by atoms with Crippen LogP contribution in [0.25, 0.3) is 0 Å². The number of carboxylic acid groups (broad SMARTS) is 1. The standard InChI is InChI=1S/C25H34FN3O2.C4H8O4/c1-19(2)18-31-24-10-6-20(7-11-24)16-27-25(30)29(23-12-14-28(3)15-13-23)17-21-4-8-22(26)9-5-21;1-2(5)3(6)4(7)8/h4-11,19,23H,12-18H2,1-3H3,(H,27,30);2-3,5-6H,1H3,(H,7,8)/t;2-,3-/m.1/s1. The first-order chi connectivity index (χ1) is 18.5. The number of carbonyl (C=O) groups excluding carboxylic acids is 2. The van der Waals surface area contributed by atoms with E-state index in [0.29, 0.717) is 25.6 Å². The molecule has 0 aromatic heterocycles. The summed E-state index contributed by atoms with van der Waals surface area (Å²) in [7, 11) is 2.19. The number of aliphatic hydroxyl groups excluding tert-OH is 2. The molecular weight excluding hydrogens is 505 g/mol. The summed E-state index contributed by atoms with van der Waals surface area (Å²) in [4.78, 5) is 26.2. The molecule has 10 heteroatoms. The first-order valence-corrected chi connectivity index (χ1v) is 13.3. The number of nitrogens with zero attached hydrogens (tertiary/aromatic N) is 1. The van der Waals surface area contributed by atoms with Crippen LogP contribution in [-0.4, -0.2) is 72.1 Å². The number of rotatable bonds is 10. The van der Waals surface area contributed by atoms with Crippen molar-refractivity contribution in [1.29, 1.82) is 0 Å². The second kappa shape index (κ2) is 16.0. The third-order valence-corrected chi connectivity index (χ3v) is 6.43. The van der Waals surface area contributed by atoms with E-state index < -0.39 is 18.2 Å². The molecule has 0 bridgehead atoms. The van der Waals surface area contributed by atoms with E-state index in [1.807, 2.05) is 29.2 Å². The molecule has 0 unspecified atom stereocenters. The summed E-state index contributed by atoms with van der Waals surface area (Å²) in [6.07, 6.45) is -1.08. The average molecular weight is 548 g/mol. The van der Waals surface area contributed by atoms with Crippen molar-refractivity contribution < 1.29 is 38.9 Å². The summed E-state index contributed by atoms with van der Waals surface area (Å²) in [5.74, 6) is -0.591. The molecule has 0 spiro atoms. The van der Waals surface area contributed by atoms with Crippen molar-refractivity contribution in [3.63, 3.8) is 0 Å². The number of quaternary nitrogens is 1. The number of hydrogen-bond acceptors (Lipinski definition) is 6. The van der Waals surface area contributed by atoms with Crippen molar-refractivity contribution in [1.82, 2.24) is 10.2 Å². The van der Waals surface area contributed by atoms with Crippen molar-refractivity contribution in [2.45, 2.75) is 65.0 Å². The number of amides is 2. The molecule has 3 rings (SSSR count). The van der Waals surface area contributed by atoms with E-state index in [0.717, 1.165) is 42.8 Å². The smallest absolute Gasteiger partial charge is 0.318 e. The third-order valence-electron chi connectivity index (χ3n) is 6.43. The number of aliphatic hydroxyl groups is 2. The molecule has 0 radical (unpaired) electrons. The molecule has 1 aliphatic heterocycles. The van der Waals surface area contributed by atoms with Crippen LogP contribution in [0.3, 0.4) is 0 Å². The van der Waals surface area contributed by atoms with Crippen LogP contribution >= 0.6 is 0 Å². The molecule has 2 amide bonds. The highest BCUT2D eigenvalue weighted by molar-refractivity contribution is 5.74. The van der Waals surface area contributed by atoms with Gasteiger partial charge in [-0.05, 0) is 48.2 Å². The van der Waals surface area contributed by atoms with Crippen molar-refractivity contribution in [2.75, 3.05) is 26.7 Å². The molecule has 1 heterocycles. The number of likely N-dealkylation sites (tertiary alicyclic amines) is 1. The third kappa shape index (κ3) is 11.6. The maximum Gasteiger partial charge on any atom is 0.318 e. The summed E-state index contributed by atoms with van der Waals surface area (Å²) in [6.45, 7) is 9.14. The zero-order chi connectivity index (χ0) is 28.9. The Morgan fingerprint density at radius 2 is 1.62 bits per heavy atom. The second-order valence-corrected chi connectivity index (χ2v) is 10.5. The average Bonchev–Trinajstić information content (AvgIpc) is 2.91. The number of hydrogen-bond donors (Lipinski definition) is 4. The fourth-order valence-electron chi connectivity index (χ4n) is 4.00. The van der Waals surface area contributed by atoms with Gasteiger partial charge in [0.05, 0.1) is 38.8 Å². The highest BCUT2D eigenvalue weighted by Crippen LogP contribution is 2.17. The van der Waals surface area contributed by atoms with E-state index in [1.165, 1.54) is 24.0 Å². The Labute approximate surface area is 230 Å². The van der Waals surface area contributed by atoms with Gasteiger partial charge >= 0.3 is 6.03 Å². The van der Waals surface area contributed by atoms with Gasteiger partial charge in [0.2, 0.25) is 0 Å². The van der Waals surface area contributed by atoms with Crippen LogP contribution < -0.4 is 20.1 Å². The lowest BCUT2D eigenvalue weighted by Gasteiger charge is -2.36. The number of carbonyl (C=O) groups is 2. The highest BCUT2D eigenvalue weighted by Gasteiger charge is 2.28. The summed E-state index contributed by atoms with van der Waals surface area (Å²) in [5.41, 5.74) is 1.97. The summed E-state index contributed by atoms with van der Waals surface area (Å²) < 4.78 is 19.0. The lowest BCUT2D eigenvalue weighted by Crippen LogP contribution is -3.10. The van der Waals surface area contributed by atoms with E-state index in [4.69, 9.17) is 14.9 Å². The molecule has 2 atom stereocenters. The van der Waals surface area contributed by atoms with Crippen molar-refractivity contribution in [2.24, 2.45) is 5.92 Å². The number of ether oxygens (including phenoxy) is 1. The summed E-state index contributed by atoms with van der Waals surface area (Å²) in [5, 5.41) is 29.3. The van der Waals surface area contributed by atoms with Crippen LogP contribution in [0.4, 0.5) is 9.18 Å². The van der Waals surface area contributed by atoms with Crippen LogP contribution in [0.2, 0.25) is 0 Å². The Kier molecular flexibility index (Phi) is 13.1. The van der Waals surface area contributed by atoms with Crippen LogP contribution in [-0.2, 0) is 17.9 Å². The summed E-state index contributed by atoms with van der Waals surface area (Å²) >= 11 is 0. The zero-order valence-electron chi connectivity index (χ0n) is 23.2. The van der Waals surface area contributed by atoms with Gasteiger partial charge in [0, 0.05) is 32.0 Å². The number of piperidine rings is 1. The predicted octanol–water partition coefficient (Wildman–Crippen LogP) is 0.727. The highest BCUT2D eigenvalue weighted by atomic mass is 19.1. The second-order valence-electron chi connectivity index (χ2n) is 10.5. The van der Waals surface area contributed by atoms with Crippen LogP contribution in [0.1, 0.15) is 44.7 Å². The Morgan fingerprint density at radius 3 is 2.10 bits per heavy atom. The fraction of sp³-hybridized carbons (Fsp3) is 0.517. The van der Waals surface area contributed by atoms with Gasteiger partial charge in [-0.2, -0.15) is 0 Å². The first kappa shape index (κ1) is 32.0. The molecule has 216 valence electrons. The summed E-state index contributed by atoms with van der Waals surface area (Å²) in [6, 6.07) is 14.4. The fourth-order valence-corrected chi connectivity index (χ4v) is 4.00. The molecule has 1 fully saturated rings.